The third-order valence-corrected chi connectivity index (χ3v) is 5.41. The molecule has 1 N–H and O–H groups in total. The molecule has 154 valence electrons. The zero-order chi connectivity index (χ0) is 21.0. The highest BCUT2D eigenvalue weighted by molar-refractivity contribution is 7.99. The van der Waals surface area contributed by atoms with Crippen LogP contribution in [0.25, 0.3) is 11.2 Å². The number of carbonyl (C=O) groups is 1. The first kappa shape index (κ1) is 20.9. The monoisotopic (exact) mass is 416 g/mol. The highest BCUT2D eigenvalue weighted by Crippen LogP contribution is 2.23. The number of aromatic amines is 1. The smallest absolute Gasteiger partial charge is 0.329 e. The van der Waals surface area contributed by atoms with E-state index >= 15 is 0 Å². The minimum atomic E-state index is -0.519. The van der Waals surface area contributed by atoms with Crippen molar-refractivity contribution in [3.05, 3.63) is 56.7 Å². The first-order valence-electron chi connectivity index (χ1n) is 9.38. The number of nitrogens with zero attached hydrogens (tertiary/aromatic N) is 3. The summed E-state index contributed by atoms with van der Waals surface area (Å²) in [7, 11) is 1.56. The highest BCUT2D eigenvalue weighted by Gasteiger charge is 2.19. The minimum Gasteiger partial charge on any atom is -0.460 e. The maximum Gasteiger partial charge on any atom is 0.329 e. The van der Waals surface area contributed by atoms with Crippen molar-refractivity contribution in [3.8, 4) is 0 Å². The van der Waals surface area contributed by atoms with E-state index < -0.39 is 11.2 Å². The topological polar surface area (TPSA) is 99.0 Å². The molecular formula is C20H24N4O4S. The van der Waals surface area contributed by atoms with E-state index in [0.717, 1.165) is 12.0 Å². The molecule has 0 aliphatic carbocycles. The van der Waals surface area contributed by atoms with E-state index in [-0.39, 0.29) is 18.3 Å². The molecule has 0 saturated heterocycles. The maximum absolute atomic E-state index is 12.4. The van der Waals surface area contributed by atoms with E-state index in [0.29, 0.717) is 28.8 Å². The Morgan fingerprint density at radius 2 is 1.97 bits per heavy atom. The van der Waals surface area contributed by atoms with Gasteiger partial charge in [-0.15, -0.1) is 0 Å². The summed E-state index contributed by atoms with van der Waals surface area (Å²) in [5.74, 6) is 0.112. The molecule has 2 aromatic heterocycles. The Hall–Kier alpha value is -2.81. The average molecular weight is 417 g/mol. The third-order valence-electron chi connectivity index (χ3n) is 4.46. The molecule has 0 atom stereocenters. The molecule has 2 heterocycles. The van der Waals surface area contributed by atoms with Crippen LogP contribution in [0.5, 0.6) is 0 Å². The van der Waals surface area contributed by atoms with Crippen molar-refractivity contribution in [2.24, 2.45) is 13.0 Å². The Morgan fingerprint density at radius 1 is 1.24 bits per heavy atom. The lowest BCUT2D eigenvalue weighted by Crippen LogP contribution is -2.29. The number of fused-ring (bicyclic) bond motifs is 1. The van der Waals surface area contributed by atoms with Gasteiger partial charge in [0.2, 0.25) is 0 Å². The Labute approximate surface area is 171 Å². The van der Waals surface area contributed by atoms with Gasteiger partial charge in [0.25, 0.3) is 5.56 Å². The van der Waals surface area contributed by atoms with Crippen molar-refractivity contribution in [1.82, 2.24) is 19.1 Å². The van der Waals surface area contributed by atoms with E-state index in [4.69, 9.17) is 4.74 Å². The van der Waals surface area contributed by atoms with Gasteiger partial charge in [-0.1, -0.05) is 55.9 Å². The summed E-state index contributed by atoms with van der Waals surface area (Å²) in [5.41, 5.74) is 0.569. The summed E-state index contributed by atoms with van der Waals surface area (Å²) in [6.07, 6.45) is 0.833. The molecule has 0 bridgehead atoms. The number of imidazole rings is 1. The molecule has 0 unspecified atom stereocenters. The standard InChI is InChI=1S/C20H24N4O4S/c1-13(2)9-10-24-16-17(23(3)19(27)22-18(16)26)21-20(24)29-12-15(25)28-11-14-7-5-4-6-8-14/h4-8,13H,9-12H2,1-3H3,(H,22,26,27). The van der Waals surface area contributed by atoms with Gasteiger partial charge in [0.05, 0.1) is 5.75 Å². The largest absolute Gasteiger partial charge is 0.460 e. The second-order valence-electron chi connectivity index (χ2n) is 7.15. The molecule has 0 aliphatic rings. The molecule has 3 aromatic rings. The predicted molar refractivity (Wildman–Crippen MR) is 112 cm³/mol. The number of esters is 1. The van der Waals surface area contributed by atoms with Crippen LogP contribution in [0.3, 0.4) is 0 Å². The molecule has 0 spiro atoms. The summed E-state index contributed by atoms with van der Waals surface area (Å²) in [5, 5.41) is 0.518. The van der Waals surface area contributed by atoms with Crippen molar-refractivity contribution in [3.63, 3.8) is 0 Å². The van der Waals surface area contributed by atoms with E-state index in [9.17, 15) is 14.4 Å². The van der Waals surface area contributed by atoms with Gasteiger partial charge in [0.15, 0.2) is 16.3 Å². The number of nitrogens with one attached hydrogen (secondary N) is 1. The van der Waals surface area contributed by atoms with Crippen molar-refractivity contribution in [2.75, 3.05) is 5.75 Å². The molecule has 0 saturated carbocycles. The third kappa shape index (κ3) is 4.97. The lowest BCUT2D eigenvalue weighted by Gasteiger charge is -2.10. The molecule has 0 amide bonds. The van der Waals surface area contributed by atoms with Gasteiger partial charge < -0.3 is 9.30 Å². The summed E-state index contributed by atoms with van der Waals surface area (Å²) in [4.78, 5) is 43.2. The number of rotatable bonds is 8. The Bertz CT molecular complexity index is 1120. The number of hydrogen-bond acceptors (Lipinski definition) is 6. The number of hydrogen-bond donors (Lipinski definition) is 1. The number of carbonyl (C=O) groups excluding carboxylic acids is 1. The van der Waals surface area contributed by atoms with Gasteiger partial charge in [-0.25, -0.2) is 9.78 Å². The van der Waals surface area contributed by atoms with Crippen molar-refractivity contribution < 1.29 is 9.53 Å². The SMILES string of the molecule is CC(C)CCn1c(SCC(=O)OCc2ccccc2)nc2c1c(=O)[nH]c(=O)n2C. The molecule has 8 nitrogen and oxygen atoms in total. The fourth-order valence-corrected chi connectivity index (χ4v) is 3.64. The second-order valence-corrected chi connectivity index (χ2v) is 8.10. The van der Waals surface area contributed by atoms with E-state index in [1.54, 1.807) is 11.6 Å². The molecule has 3 rings (SSSR count). The molecule has 1 aromatic carbocycles. The normalized spacial score (nSPS) is 11.3. The molecule has 0 aliphatic heterocycles. The number of ether oxygens (including phenoxy) is 1. The number of H-pyrrole nitrogens is 1. The Kier molecular flexibility index (Phi) is 6.58. The molecule has 0 fully saturated rings. The van der Waals surface area contributed by atoms with Crippen LogP contribution in [0.4, 0.5) is 0 Å². The van der Waals surface area contributed by atoms with Crippen LogP contribution < -0.4 is 11.2 Å². The van der Waals surface area contributed by atoms with Gasteiger partial charge >= 0.3 is 11.7 Å². The minimum absolute atomic E-state index is 0.0592. The van der Waals surface area contributed by atoms with E-state index in [2.05, 4.69) is 23.8 Å². The zero-order valence-electron chi connectivity index (χ0n) is 16.7. The van der Waals surface area contributed by atoms with Crippen LogP contribution >= 0.6 is 11.8 Å². The first-order valence-corrected chi connectivity index (χ1v) is 10.4. The van der Waals surface area contributed by atoms with Crippen molar-refractivity contribution >= 4 is 28.9 Å². The van der Waals surface area contributed by atoms with Gasteiger partial charge in [0.1, 0.15) is 6.61 Å². The Balaban J connectivity index is 1.80. The van der Waals surface area contributed by atoms with Gasteiger partial charge in [-0.3, -0.25) is 19.1 Å². The van der Waals surface area contributed by atoms with Crippen molar-refractivity contribution in [2.45, 2.75) is 38.6 Å². The van der Waals surface area contributed by atoms with Crippen LogP contribution in [0.15, 0.2) is 45.1 Å². The summed E-state index contributed by atoms with van der Waals surface area (Å²) < 4.78 is 8.40. The van der Waals surface area contributed by atoms with Gasteiger partial charge in [0, 0.05) is 13.6 Å². The molecule has 29 heavy (non-hydrogen) atoms. The average Bonchev–Trinajstić information content (AvgIpc) is 3.07. The van der Waals surface area contributed by atoms with Crippen LogP contribution in [0.2, 0.25) is 0 Å². The van der Waals surface area contributed by atoms with Crippen LogP contribution in [-0.2, 0) is 29.7 Å². The summed E-state index contributed by atoms with van der Waals surface area (Å²) >= 11 is 1.20. The number of aryl methyl sites for hydroxylation is 2. The van der Waals surface area contributed by atoms with E-state index in [1.807, 2.05) is 30.3 Å². The zero-order valence-corrected chi connectivity index (χ0v) is 17.5. The van der Waals surface area contributed by atoms with Gasteiger partial charge in [-0.05, 0) is 17.9 Å². The number of aromatic nitrogens is 4. The van der Waals surface area contributed by atoms with Crippen LogP contribution in [-0.4, -0.2) is 30.8 Å². The molecule has 0 radical (unpaired) electrons. The molecular weight excluding hydrogens is 392 g/mol. The Morgan fingerprint density at radius 3 is 2.66 bits per heavy atom. The fourth-order valence-electron chi connectivity index (χ4n) is 2.82. The summed E-state index contributed by atoms with van der Waals surface area (Å²) in [6.45, 7) is 4.95. The summed E-state index contributed by atoms with van der Waals surface area (Å²) in [6, 6.07) is 9.45. The molecule has 9 heteroatoms. The van der Waals surface area contributed by atoms with Crippen LogP contribution in [0, 0.1) is 5.92 Å². The van der Waals surface area contributed by atoms with Crippen LogP contribution in [0.1, 0.15) is 25.8 Å². The maximum atomic E-state index is 12.4. The lowest BCUT2D eigenvalue weighted by atomic mass is 10.1. The lowest BCUT2D eigenvalue weighted by molar-refractivity contribution is -0.141. The number of benzene rings is 1. The van der Waals surface area contributed by atoms with Gasteiger partial charge in [-0.2, -0.15) is 0 Å². The predicted octanol–water partition coefficient (Wildman–Crippen LogP) is 2.30. The van der Waals surface area contributed by atoms with E-state index in [1.165, 1.54) is 16.3 Å². The highest BCUT2D eigenvalue weighted by atomic mass is 32.2. The quantitative estimate of drug-likeness (QED) is 0.447. The number of thioether (sulfide) groups is 1. The second kappa shape index (κ2) is 9.13. The van der Waals surface area contributed by atoms with Crippen molar-refractivity contribution in [1.29, 1.82) is 0 Å². The first-order chi connectivity index (χ1) is 13.9. The fraction of sp³-hybridized carbons (Fsp3) is 0.400.